The van der Waals surface area contributed by atoms with Gasteiger partial charge in [0.1, 0.15) is 5.69 Å². The number of carbonyl (C=O) groups excluding carboxylic acids is 2. The van der Waals surface area contributed by atoms with Crippen LogP contribution in [-0.2, 0) is 0 Å². The Morgan fingerprint density at radius 2 is 1.79 bits per heavy atom. The fourth-order valence-electron chi connectivity index (χ4n) is 3.31. The predicted octanol–water partition coefficient (Wildman–Crippen LogP) is 3.96. The van der Waals surface area contributed by atoms with E-state index in [-0.39, 0.29) is 17.5 Å². The van der Waals surface area contributed by atoms with Crippen LogP contribution in [0.2, 0.25) is 0 Å². The molecule has 1 aliphatic heterocycles. The summed E-state index contributed by atoms with van der Waals surface area (Å²) in [5, 5.41) is 5.71. The van der Waals surface area contributed by atoms with Crippen LogP contribution in [0.3, 0.4) is 0 Å². The Balaban J connectivity index is 1.61. The quantitative estimate of drug-likeness (QED) is 0.778. The number of rotatable bonds is 6. The Morgan fingerprint density at radius 3 is 2.45 bits per heavy atom. The van der Waals surface area contributed by atoms with E-state index < -0.39 is 0 Å². The Kier molecular flexibility index (Phi) is 6.86. The maximum Gasteiger partial charge on any atom is 0.269 e. The summed E-state index contributed by atoms with van der Waals surface area (Å²) in [6.07, 6.45) is 3.92. The van der Waals surface area contributed by atoms with Crippen molar-refractivity contribution in [2.24, 2.45) is 11.8 Å². The summed E-state index contributed by atoms with van der Waals surface area (Å²) in [5.41, 5.74) is 2.56. The molecule has 2 N–H and O–H groups in total. The average Bonchev–Trinajstić information content (AvgIpc) is 2.73. The lowest BCUT2D eigenvalue weighted by molar-refractivity contribution is 0.0944. The zero-order valence-corrected chi connectivity index (χ0v) is 17.4. The number of amides is 2. The third kappa shape index (κ3) is 5.79. The van der Waals surface area contributed by atoms with Crippen molar-refractivity contribution in [2.75, 3.05) is 29.9 Å². The van der Waals surface area contributed by atoms with Gasteiger partial charge in [-0.15, -0.1) is 0 Å². The predicted molar refractivity (Wildman–Crippen MR) is 116 cm³/mol. The number of hydrogen-bond donors (Lipinski definition) is 2. The van der Waals surface area contributed by atoms with Gasteiger partial charge in [0.2, 0.25) is 0 Å². The molecule has 2 amide bonds. The molecule has 154 valence electrons. The van der Waals surface area contributed by atoms with E-state index in [1.165, 1.54) is 30.8 Å². The molecule has 0 spiro atoms. The summed E-state index contributed by atoms with van der Waals surface area (Å²) in [7, 11) is 0. The third-order valence-electron chi connectivity index (χ3n) is 5.20. The van der Waals surface area contributed by atoms with E-state index in [0.29, 0.717) is 18.0 Å². The first-order valence-corrected chi connectivity index (χ1v) is 10.3. The van der Waals surface area contributed by atoms with Crippen LogP contribution in [0.1, 0.15) is 54.5 Å². The van der Waals surface area contributed by atoms with E-state index in [1.807, 2.05) is 38.1 Å². The van der Waals surface area contributed by atoms with Gasteiger partial charge in [0.25, 0.3) is 11.8 Å². The summed E-state index contributed by atoms with van der Waals surface area (Å²) in [6.45, 7) is 9.06. The first-order chi connectivity index (χ1) is 13.9. The molecule has 2 aromatic rings. The fraction of sp³-hybridized carbons (Fsp3) is 0.435. The molecule has 1 aromatic heterocycles. The maximum atomic E-state index is 12.6. The van der Waals surface area contributed by atoms with Crippen molar-refractivity contribution in [2.45, 2.75) is 33.6 Å². The minimum Gasteiger partial charge on any atom is -0.372 e. The highest BCUT2D eigenvalue weighted by molar-refractivity contribution is 6.05. The van der Waals surface area contributed by atoms with Crippen molar-refractivity contribution in [1.29, 1.82) is 0 Å². The SMILES string of the molecule is CC(C)CNC(=O)c1cc(C(=O)Nc2ccc(N3CCC(C)CC3)cc2)ccn1. The summed E-state index contributed by atoms with van der Waals surface area (Å²) >= 11 is 0. The van der Waals surface area contributed by atoms with Gasteiger partial charge in [-0.2, -0.15) is 0 Å². The van der Waals surface area contributed by atoms with Gasteiger partial charge < -0.3 is 15.5 Å². The standard InChI is InChI=1S/C23H30N4O2/c1-16(2)15-25-23(29)21-14-18(8-11-24-21)22(28)26-19-4-6-20(7-5-19)27-12-9-17(3)10-13-27/h4-8,11,14,16-17H,9-10,12-13,15H2,1-3H3,(H,25,29)(H,26,28). The van der Waals surface area contributed by atoms with E-state index in [2.05, 4.69) is 27.4 Å². The molecule has 0 radical (unpaired) electrons. The first kappa shape index (κ1) is 20.8. The van der Waals surface area contributed by atoms with Crippen LogP contribution in [-0.4, -0.2) is 36.4 Å². The van der Waals surface area contributed by atoms with Crippen LogP contribution in [0, 0.1) is 11.8 Å². The molecule has 0 aliphatic carbocycles. The molecule has 1 aromatic carbocycles. The summed E-state index contributed by atoms with van der Waals surface area (Å²) in [5.74, 6) is 0.614. The molecule has 6 nitrogen and oxygen atoms in total. The number of nitrogens with zero attached hydrogens (tertiary/aromatic N) is 2. The van der Waals surface area contributed by atoms with Crippen molar-refractivity contribution < 1.29 is 9.59 Å². The monoisotopic (exact) mass is 394 g/mol. The Morgan fingerprint density at radius 1 is 1.10 bits per heavy atom. The van der Waals surface area contributed by atoms with Crippen LogP contribution >= 0.6 is 0 Å². The van der Waals surface area contributed by atoms with Gasteiger partial charge in [0.05, 0.1) is 0 Å². The van der Waals surface area contributed by atoms with Crippen molar-refractivity contribution in [3.63, 3.8) is 0 Å². The molecule has 1 saturated heterocycles. The topological polar surface area (TPSA) is 74.3 Å². The second-order valence-corrected chi connectivity index (χ2v) is 8.20. The van der Waals surface area contributed by atoms with E-state index in [1.54, 1.807) is 6.07 Å². The zero-order valence-electron chi connectivity index (χ0n) is 17.4. The first-order valence-electron chi connectivity index (χ1n) is 10.3. The van der Waals surface area contributed by atoms with Crippen molar-refractivity contribution in [1.82, 2.24) is 10.3 Å². The highest BCUT2D eigenvalue weighted by atomic mass is 16.2. The highest BCUT2D eigenvalue weighted by Gasteiger charge is 2.16. The molecule has 3 rings (SSSR count). The van der Waals surface area contributed by atoms with E-state index in [0.717, 1.165) is 24.7 Å². The largest absolute Gasteiger partial charge is 0.372 e. The number of carbonyl (C=O) groups is 2. The molecule has 2 heterocycles. The van der Waals surface area contributed by atoms with Gasteiger partial charge in [-0.1, -0.05) is 20.8 Å². The molecule has 1 aliphatic rings. The molecule has 29 heavy (non-hydrogen) atoms. The highest BCUT2D eigenvalue weighted by Crippen LogP contribution is 2.24. The minimum absolute atomic E-state index is 0.243. The van der Waals surface area contributed by atoms with Gasteiger partial charge in [-0.05, 0) is 61.1 Å². The smallest absolute Gasteiger partial charge is 0.269 e. The van der Waals surface area contributed by atoms with E-state index >= 15 is 0 Å². The second-order valence-electron chi connectivity index (χ2n) is 8.20. The fourth-order valence-corrected chi connectivity index (χ4v) is 3.31. The average molecular weight is 395 g/mol. The lowest BCUT2D eigenvalue weighted by atomic mass is 9.99. The summed E-state index contributed by atoms with van der Waals surface area (Å²) in [4.78, 5) is 31.2. The van der Waals surface area contributed by atoms with Gasteiger partial charge >= 0.3 is 0 Å². The van der Waals surface area contributed by atoms with Gasteiger partial charge in [-0.25, -0.2) is 0 Å². The normalized spacial score (nSPS) is 14.7. The van der Waals surface area contributed by atoms with Crippen LogP contribution in [0.5, 0.6) is 0 Å². The second kappa shape index (κ2) is 9.54. The van der Waals surface area contributed by atoms with Gasteiger partial charge in [0.15, 0.2) is 0 Å². The molecule has 1 fully saturated rings. The van der Waals surface area contributed by atoms with Gasteiger partial charge in [0, 0.05) is 42.8 Å². The summed E-state index contributed by atoms with van der Waals surface area (Å²) < 4.78 is 0. The lowest BCUT2D eigenvalue weighted by Crippen LogP contribution is -2.32. The van der Waals surface area contributed by atoms with Crippen molar-refractivity contribution in [3.8, 4) is 0 Å². The maximum absolute atomic E-state index is 12.6. The molecule has 0 atom stereocenters. The molecule has 6 heteroatoms. The molecule has 0 saturated carbocycles. The Hall–Kier alpha value is -2.89. The minimum atomic E-state index is -0.270. The van der Waals surface area contributed by atoms with Crippen LogP contribution in [0.25, 0.3) is 0 Å². The van der Waals surface area contributed by atoms with Crippen LogP contribution in [0.15, 0.2) is 42.6 Å². The Bertz CT molecular complexity index is 840. The molecule has 0 bridgehead atoms. The number of piperidine rings is 1. The number of nitrogens with one attached hydrogen (secondary N) is 2. The van der Waals surface area contributed by atoms with Crippen LogP contribution < -0.4 is 15.5 Å². The zero-order chi connectivity index (χ0) is 20.8. The van der Waals surface area contributed by atoms with E-state index in [9.17, 15) is 9.59 Å². The summed E-state index contributed by atoms with van der Waals surface area (Å²) in [6, 6.07) is 11.1. The number of anilines is 2. The number of hydrogen-bond acceptors (Lipinski definition) is 4. The molecular formula is C23H30N4O2. The molecular weight excluding hydrogens is 364 g/mol. The third-order valence-corrected chi connectivity index (χ3v) is 5.20. The lowest BCUT2D eigenvalue weighted by Gasteiger charge is -2.32. The van der Waals surface area contributed by atoms with Crippen molar-refractivity contribution >= 4 is 23.2 Å². The van der Waals surface area contributed by atoms with Crippen LogP contribution in [0.4, 0.5) is 11.4 Å². The number of aromatic nitrogens is 1. The number of benzene rings is 1. The Labute approximate surface area is 172 Å². The molecule has 0 unspecified atom stereocenters. The van der Waals surface area contributed by atoms with Gasteiger partial charge in [-0.3, -0.25) is 14.6 Å². The van der Waals surface area contributed by atoms with E-state index in [4.69, 9.17) is 0 Å². The van der Waals surface area contributed by atoms with Crippen molar-refractivity contribution in [3.05, 3.63) is 53.9 Å². The number of pyridine rings is 1.